The van der Waals surface area contributed by atoms with Crippen molar-refractivity contribution >= 4 is 35.8 Å². The molecular formula is C17H31IN6O. The number of halogens is 1. The Bertz CT molecular complexity index is 592. The molecule has 1 aliphatic carbocycles. The zero-order chi connectivity index (χ0) is 17.5. The summed E-state index contributed by atoms with van der Waals surface area (Å²) in [6.45, 7) is 4.92. The molecule has 7 nitrogen and oxygen atoms in total. The van der Waals surface area contributed by atoms with Crippen LogP contribution in [0.4, 0.5) is 0 Å². The van der Waals surface area contributed by atoms with Crippen LogP contribution >= 0.6 is 24.0 Å². The number of aromatic nitrogens is 2. The third kappa shape index (κ3) is 6.48. The number of rotatable bonds is 5. The summed E-state index contributed by atoms with van der Waals surface area (Å²) in [7, 11) is 3.64. The zero-order valence-corrected chi connectivity index (χ0v) is 18.0. The molecule has 0 aliphatic heterocycles. The van der Waals surface area contributed by atoms with E-state index in [4.69, 9.17) is 0 Å². The summed E-state index contributed by atoms with van der Waals surface area (Å²) in [6.07, 6.45) is 5.90. The van der Waals surface area contributed by atoms with Gasteiger partial charge in [-0.3, -0.25) is 14.5 Å². The SMILES string of the molecule is CN=C(NCC(=O)NC1CCCCC1)NCc1c(C)nn(C)c1C.I. The lowest BCUT2D eigenvalue weighted by atomic mass is 9.95. The zero-order valence-electron chi connectivity index (χ0n) is 15.7. The van der Waals surface area contributed by atoms with E-state index in [1.165, 1.54) is 19.3 Å². The largest absolute Gasteiger partial charge is 0.352 e. The smallest absolute Gasteiger partial charge is 0.239 e. The van der Waals surface area contributed by atoms with Gasteiger partial charge >= 0.3 is 0 Å². The molecule has 2 rings (SSSR count). The van der Waals surface area contributed by atoms with Crippen molar-refractivity contribution < 1.29 is 4.79 Å². The number of carbonyl (C=O) groups excluding carboxylic acids is 1. The number of hydrogen-bond donors (Lipinski definition) is 3. The van der Waals surface area contributed by atoms with E-state index in [0.29, 0.717) is 18.5 Å². The average molecular weight is 462 g/mol. The minimum absolute atomic E-state index is 0. The number of aliphatic imine (C=N–C) groups is 1. The Morgan fingerprint density at radius 3 is 2.48 bits per heavy atom. The maximum absolute atomic E-state index is 12.0. The molecule has 8 heteroatoms. The molecule has 0 bridgehead atoms. The monoisotopic (exact) mass is 462 g/mol. The van der Waals surface area contributed by atoms with Crippen molar-refractivity contribution in [1.82, 2.24) is 25.7 Å². The molecule has 1 aliphatic rings. The van der Waals surface area contributed by atoms with Crippen LogP contribution in [0.25, 0.3) is 0 Å². The lowest BCUT2D eigenvalue weighted by molar-refractivity contribution is -0.120. The summed E-state index contributed by atoms with van der Waals surface area (Å²) in [5, 5.41) is 13.8. The van der Waals surface area contributed by atoms with Gasteiger partial charge in [-0.15, -0.1) is 24.0 Å². The number of nitrogens with one attached hydrogen (secondary N) is 3. The molecule has 1 amide bonds. The highest BCUT2D eigenvalue weighted by molar-refractivity contribution is 14.0. The first-order chi connectivity index (χ1) is 11.5. The lowest BCUT2D eigenvalue weighted by Gasteiger charge is -2.23. The molecular weight excluding hydrogens is 431 g/mol. The van der Waals surface area contributed by atoms with E-state index in [1.54, 1.807) is 7.05 Å². The van der Waals surface area contributed by atoms with E-state index in [9.17, 15) is 4.79 Å². The Kier molecular flexibility index (Phi) is 9.23. The number of hydrogen-bond acceptors (Lipinski definition) is 3. The van der Waals surface area contributed by atoms with Crippen molar-refractivity contribution in [3.63, 3.8) is 0 Å². The van der Waals surface area contributed by atoms with Gasteiger partial charge in [-0.25, -0.2) is 0 Å². The number of nitrogens with zero attached hydrogens (tertiary/aromatic N) is 3. The average Bonchev–Trinajstić information content (AvgIpc) is 2.81. The van der Waals surface area contributed by atoms with E-state index in [2.05, 4.69) is 26.0 Å². The third-order valence-electron chi connectivity index (χ3n) is 4.70. The van der Waals surface area contributed by atoms with Gasteiger partial charge in [0.1, 0.15) is 0 Å². The van der Waals surface area contributed by atoms with Gasteiger partial charge < -0.3 is 16.0 Å². The van der Waals surface area contributed by atoms with Crippen LogP contribution in [0.15, 0.2) is 4.99 Å². The highest BCUT2D eigenvalue weighted by Gasteiger charge is 2.16. The van der Waals surface area contributed by atoms with Crippen LogP contribution in [0.2, 0.25) is 0 Å². The molecule has 0 spiro atoms. The molecule has 0 atom stereocenters. The fraction of sp³-hybridized carbons (Fsp3) is 0.706. The van der Waals surface area contributed by atoms with Crippen LogP contribution in [0.5, 0.6) is 0 Å². The second kappa shape index (κ2) is 10.6. The maximum Gasteiger partial charge on any atom is 0.239 e. The normalized spacial score (nSPS) is 15.4. The first-order valence-electron chi connectivity index (χ1n) is 8.74. The molecule has 3 N–H and O–H groups in total. The molecule has 0 radical (unpaired) electrons. The van der Waals surface area contributed by atoms with Gasteiger partial charge in [0.25, 0.3) is 0 Å². The van der Waals surface area contributed by atoms with E-state index in [0.717, 1.165) is 29.8 Å². The van der Waals surface area contributed by atoms with Gasteiger partial charge in [0, 0.05) is 37.9 Å². The van der Waals surface area contributed by atoms with Crippen molar-refractivity contribution in [1.29, 1.82) is 0 Å². The third-order valence-corrected chi connectivity index (χ3v) is 4.70. The first-order valence-corrected chi connectivity index (χ1v) is 8.74. The van der Waals surface area contributed by atoms with Gasteiger partial charge in [-0.05, 0) is 26.7 Å². The fourth-order valence-electron chi connectivity index (χ4n) is 3.16. The van der Waals surface area contributed by atoms with Crippen LogP contribution in [-0.4, -0.2) is 41.3 Å². The maximum atomic E-state index is 12.0. The summed E-state index contributed by atoms with van der Waals surface area (Å²) in [5.41, 5.74) is 3.30. The Hall–Kier alpha value is -1.32. The number of aryl methyl sites for hydroxylation is 2. The predicted molar refractivity (Wildman–Crippen MR) is 111 cm³/mol. The Labute approximate surface area is 167 Å². The van der Waals surface area contributed by atoms with Gasteiger partial charge in [-0.1, -0.05) is 19.3 Å². The molecule has 1 heterocycles. The molecule has 0 unspecified atom stereocenters. The van der Waals surface area contributed by atoms with Crippen molar-refractivity contribution in [2.24, 2.45) is 12.0 Å². The van der Waals surface area contributed by atoms with Gasteiger partial charge in [-0.2, -0.15) is 5.10 Å². The quantitative estimate of drug-likeness (QED) is 0.354. The number of amides is 1. The second-order valence-electron chi connectivity index (χ2n) is 6.45. The van der Waals surface area contributed by atoms with Gasteiger partial charge in [0.05, 0.1) is 12.2 Å². The van der Waals surface area contributed by atoms with Crippen LogP contribution in [0.3, 0.4) is 0 Å². The lowest BCUT2D eigenvalue weighted by Crippen LogP contribution is -2.45. The molecule has 1 aromatic heterocycles. The molecule has 142 valence electrons. The van der Waals surface area contributed by atoms with Gasteiger partial charge in [0.2, 0.25) is 5.91 Å². The highest BCUT2D eigenvalue weighted by Crippen LogP contribution is 2.17. The standard InChI is InChI=1S/C17H30N6O.HI/c1-12-15(13(2)23(4)22-12)10-19-17(18-3)20-11-16(24)21-14-8-6-5-7-9-14;/h14H,5-11H2,1-4H3,(H,21,24)(H2,18,19,20);1H. The van der Waals surface area contributed by atoms with Crippen molar-refractivity contribution in [3.05, 3.63) is 17.0 Å². The summed E-state index contributed by atoms with van der Waals surface area (Å²) < 4.78 is 1.88. The summed E-state index contributed by atoms with van der Waals surface area (Å²) in [5.74, 6) is 0.648. The summed E-state index contributed by atoms with van der Waals surface area (Å²) in [6, 6.07) is 0.337. The van der Waals surface area contributed by atoms with Crippen molar-refractivity contribution in [2.75, 3.05) is 13.6 Å². The topological polar surface area (TPSA) is 83.3 Å². The molecule has 1 fully saturated rings. The minimum Gasteiger partial charge on any atom is -0.352 e. The fourth-order valence-corrected chi connectivity index (χ4v) is 3.16. The minimum atomic E-state index is 0. The van der Waals surface area contributed by atoms with Crippen molar-refractivity contribution in [2.45, 2.75) is 58.5 Å². The van der Waals surface area contributed by atoms with E-state index < -0.39 is 0 Å². The molecule has 0 saturated heterocycles. The van der Waals surface area contributed by atoms with Crippen molar-refractivity contribution in [3.8, 4) is 0 Å². The highest BCUT2D eigenvalue weighted by atomic mass is 127. The molecule has 25 heavy (non-hydrogen) atoms. The summed E-state index contributed by atoms with van der Waals surface area (Å²) >= 11 is 0. The van der Waals surface area contributed by atoms with E-state index in [1.807, 2.05) is 25.6 Å². The molecule has 0 aromatic carbocycles. The molecule has 1 aromatic rings. The second-order valence-corrected chi connectivity index (χ2v) is 6.45. The molecule has 1 saturated carbocycles. The van der Waals surface area contributed by atoms with E-state index >= 15 is 0 Å². The first kappa shape index (κ1) is 21.7. The van der Waals surface area contributed by atoms with Crippen LogP contribution < -0.4 is 16.0 Å². The van der Waals surface area contributed by atoms with Crippen LogP contribution in [0, 0.1) is 13.8 Å². The Morgan fingerprint density at radius 2 is 1.92 bits per heavy atom. The van der Waals surface area contributed by atoms with Crippen LogP contribution in [-0.2, 0) is 18.4 Å². The van der Waals surface area contributed by atoms with Crippen LogP contribution in [0.1, 0.15) is 49.1 Å². The number of carbonyl (C=O) groups is 1. The van der Waals surface area contributed by atoms with E-state index in [-0.39, 0.29) is 36.4 Å². The summed E-state index contributed by atoms with van der Waals surface area (Å²) in [4.78, 5) is 16.2. The predicted octanol–water partition coefficient (Wildman–Crippen LogP) is 1.77. The number of guanidine groups is 1. The van der Waals surface area contributed by atoms with Gasteiger partial charge in [0.15, 0.2) is 5.96 Å². The Morgan fingerprint density at radius 1 is 1.24 bits per heavy atom. The Balaban J connectivity index is 0.00000312.